The zero-order valence-electron chi connectivity index (χ0n) is 5.54. The van der Waals surface area contributed by atoms with Crippen LogP contribution in [0.2, 0.25) is 0 Å². The summed E-state index contributed by atoms with van der Waals surface area (Å²) in [6.07, 6.45) is 7.82. The molecular weight excluding hydrogens is 124 g/mol. The molecule has 10 heavy (non-hydrogen) atoms. The summed E-state index contributed by atoms with van der Waals surface area (Å²) >= 11 is 0. The summed E-state index contributed by atoms with van der Waals surface area (Å²) in [5.74, 6) is 0. The van der Waals surface area contributed by atoms with Crippen molar-refractivity contribution in [3.05, 3.63) is 28.9 Å². The van der Waals surface area contributed by atoms with Crippen molar-refractivity contribution in [3.8, 4) is 0 Å². The lowest BCUT2D eigenvalue weighted by molar-refractivity contribution is 1.05. The number of hydrogen-bond acceptors (Lipinski definition) is 2. The lowest BCUT2D eigenvalue weighted by Crippen LogP contribution is -2.32. The number of nitrogens with zero attached hydrogens (tertiary/aromatic N) is 1. The Morgan fingerprint density at radius 3 is 3.30 bits per heavy atom. The molecule has 2 rings (SSSR count). The van der Waals surface area contributed by atoms with Gasteiger partial charge in [-0.05, 0) is 11.3 Å². The third-order valence-electron chi connectivity index (χ3n) is 1.58. The Morgan fingerprint density at radius 1 is 1.40 bits per heavy atom. The van der Waals surface area contributed by atoms with Gasteiger partial charge in [0, 0.05) is 30.4 Å². The highest BCUT2D eigenvalue weighted by Gasteiger charge is 1.88. The highest BCUT2D eigenvalue weighted by atomic mass is 14.8. The molecule has 0 unspecified atom stereocenters. The van der Waals surface area contributed by atoms with Crippen molar-refractivity contribution in [1.29, 1.82) is 0 Å². The van der Waals surface area contributed by atoms with Crippen LogP contribution in [0.15, 0.2) is 18.5 Å². The molecule has 1 N–H and O–H groups in total. The topological polar surface area (TPSA) is 24.9 Å². The van der Waals surface area contributed by atoms with Crippen LogP contribution in [-0.4, -0.2) is 11.5 Å². The third-order valence-corrected chi connectivity index (χ3v) is 1.58. The van der Waals surface area contributed by atoms with Crippen LogP contribution in [0.1, 0.15) is 0 Å². The molecular formula is C8H8N2. The van der Waals surface area contributed by atoms with Gasteiger partial charge in [0.05, 0.1) is 0 Å². The Kier molecular flexibility index (Phi) is 1.17. The molecule has 2 heterocycles. The third kappa shape index (κ3) is 0.778. The molecule has 50 valence electrons. The Labute approximate surface area is 58.9 Å². The smallest absolute Gasteiger partial charge is 0.0344 e. The van der Waals surface area contributed by atoms with Crippen molar-refractivity contribution < 1.29 is 0 Å². The highest BCUT2D eigenvalue weighted by molar-refractivity contribution is 5.36. The van der Waals surface area contributed by atoms with E-state index in [2.05, 4.69) is 16.4 Å². The number of nitrogens with one attached hydrogen (secondary N) is 1. The van der Waals surface area contributed by atoms with Gasteiger partial charge >= 0.3 is 0 Å². The van der Waals surface area contributed by atoms with Gasteiger partial charge in [0.25, 0.3) is 0 Å². The number of pyridine rings is 1. The number of aromatic nitrogens is 1. The van der Waals surface area contributed by atoms with E-state index in [4.69, 9.17) is 0 Å². The first-order valence-corrected chi connectivity index (χ1v) is 3.30. The minimum Gasteiger partial charge on any atom is -0.387 e. The summed E-state index contributed by atoms with van der Waals surface area (Å²) < 4.78 is 0. The average molecular weight is 132 g/mol. The van der Waals surface area contributed by atoms with Crippen molar-refractivity contribution in [2.75, 3.05) is 6.54 Å². The van der Waals surface area contributed by atoms with Gasteiger partial charge in [-0.15, -0.1) is 0 Å². The molecule has 0 fully saturated rings. The van der Waals surface area contributed by atoms with Crippen LogP contribution in [0.3, 0.4) is 0 Å². The van der Waals surface area contributed by atoms with E-state index in [1.807, 2.05) is 18.5 Å². The summed E-state index contributed by atoms with van der Waals surface area (Å²) in [6.45, 7) is 0.915. The fourth-order valence-electron chi connectivity index (χ4n) is 1.06. The molecule has 1 aliphatic heterocycles. The summed E-state index contributed by atoms with van der Waals surface area (Å²) in [5.41, 5.74) is 0. The molecule has 0 amide bonds. The maximum Gasteiger partial charge on any atom is 0.0344 e. The van der Waals surface area contributed by atoms with E-state index < -0.39 is 0 Å². The normalized spacial score (nSPS) is 14.0. The molecule has 0 bridgehead atoms. The fourth-order valence-corrected chi connectivity index (χ4v) is 1.06. The molecule has 2 heteroatoms. The van der Waals surface area contributed by atoms with E-state index >= 15 is 0 Å². The minimum absolute atomic E-state index is 0.915. The van der Waals surface area contributed by atoms with E-state index in [1.54, 1.807) is 6.20 Å². The van der Waals surface area contributed by atoms with Crippen LogP contribution >= 0.6 is 0 Å². The number of hydrogen-bond donors (Lipinski definition) is 1. The molecule has 0 spiro atoms. The lowest BCUT2D eigenvalue weighted by Gasteiger charge is -2.00. The molecule has 0 saturated carbocycles. The molecule has 0 saturated heterocycles. The van der Waals surface area contributed by atoms with E-state index in [9.17, 15) is 0 Å². The molecule has 1 aliphatic rings. The van der Waals surface area contributed by atoms with Crippen LogP contribution in [0.4, 0.5) is 0 Å². The average Bonchev–Trinajstić information content (AvgIpc) is 2.05. The van der Waals surface area contributed by atoms with E-state index in [0.29, 0.717) is 0 Å². The summed E-state index contributed by atoms with van der Waals surface area (Å²) in [6, 6.07) is 2.00. The van der Waals surface area contributed by atoms with Crippen molar-refractivity contribution >= 4 is 12.3 Å². The monoisotopic (exact) mass is 132 g/mol. The largest absolute Gasteiger partial charge is 0.387 e. The van der Waals surface area contributed by atoms with Crippen molar-refractivity contribution in [2.45, 2.75) is 0 Å². The Hall–Kier alpha value is -1.31. The lowest BCUT2D eigenvalue weighted by atomic mass is 10.2. The molecule has 1 aromatic heterocycles. The highest BCUT2D eigenvalue weighted by Crippen LogP contribution is 1.71. The van der Waals surface area contributed by atoms with Gasteiger partial charge in [-0.25, -0.2) is 0 Å². The van der Waals surface area contributed by atoms with Gasteiger partial charge in [-0.2, -0.15) is 0 Å². The van der Waals surface area contributed by atoms with Gasteiger partial charge in [-0.1, -0.05) is 6.08 Å². The zero-order chi connectivity index (χ0) is 6.81. The Balaban J connectivity index is 2.84. The Morgan fingerprint density at radius 2 is 2.40 bits per heavy atom. The van der Waals surface area contributed by atoms with Crippen LogP contribution in [0.5, 0.6) is 0 Å². The SMILES string of the molecule is C1=c2ccncc2=CCN1. The first-order chi connectivity index (χ1) is 4.97. The second kappa shape index (κ2) is 2.14. The van der Waals surface area contributed by atoms with Crippen molar-refractivity contribution in [1.82, 2.24) is 10.3 Å². The number of fused-ring (bicyclic) bond motifs is 1. The van der Waals surface area contributed by atoms with Gasteiger partial charge in [-0.3, -0.25) is 4.98 Å². The molecule has 2 nitrogen and oxygen atoms in total. The molecule has 0 radical (unpaired) electrons. The maximum absolute atomic E-state index is 4.02. The van der Waals surface area contributed by atoms with Crippen molar-refractivity contribution in [3.63, 3.8) is 0 Å². The second-order valence-electron chi connectivity index (χ2n) is 2.26. The molecule has 0 atom stereocenters. The Bertz CT molecular complexity index is 306. The predicted octanol–water partition coefficient (Wildman–Crippen LogP) is -0.797. The summed E-state index contributed by atoms with van der Waals surface area (Å²) in [4.78, 5) is 4.02. The maximum atomic E-state index is 4.02. The van der Waals surface area contributed by atoms with Crippen LogP contribution in [0.25, 0.3) is 12.3 Å². The van der Waals surface area contributed by atoms with Crippen molar-refractivity contribution in [2.24, 2.45) is 0 Å². The first kappa shape index (κ1) is 5.47. The molecule has 1 aromatic rings. The predicted molar refractivity (Wildman–Crippen MR) is 40.4 cm³/mol. The van der Waals surface area contributed by atoms with Gasteiger partial charge in [0.1, 0.15) is 0 Å². The molecule has 0 aliphatic carbocycles. The van der Waals surface area contributed by atoms with Crippen LogP contribution in [0, 0.1) is 0 Å². The standard InChI is InChI=1S/C8H8N2/c1-3-9-6-8-2-4-10-5-7(1)8/h1-3,5-6,10H,4H2. The second-order valence-corrected chi connectivity index (χ2v) is 2.26. The van der Waals surface area contributed by atoms with Gasteiger partial charge in [0.15, 0.2) is 0 Å². The quantitative estimate of drug-likeness (QED) is 0.500. The fraction of sp³-hybridized carbons (Fsp3) is 0.125. The first-order valence-electron chi connectivity index (χ1n) is 3.30. The van der Waals surface area contributed by atoms with Crippen LogP contribution in [-0.2, 0) is 0 Å². The minimum atomic E-state index is 0.915. The van der Waals surface area contributed by atoms with E-state index in [1.165, 1.54) is 10.4 Å². The number of rotatable bonds is 0. The van der Waals surface area contributed by atoms with Crippen LogP contribution < -0.4 is 15.8 Å². The van der Waals surface area contributed by atoms with E-state index in [-0.39, 0.29) is 0 Å². The zero-order valence-corrected chi connectivity index (χ0v) is 5.54. The summed E-state index contributed by atoms with van der Waals surface area (Å²) in [5, 5.41) is 5.58. The van der Waals surface area contributed by atoms with Gasteiger partial charge in [0.2, 0.25) is 0 Å². The van der Waals surface area contributed by atoms with Gasteiger partial charge < -0.3 is 5.32 Å². The van der Waals surface area contributed by atoms with E-state index in [0.717, 1.165) is 6.54 Å². The molecule has 0 aromatic carbocycles. The summed E-state index contributed by atoms with van der Waals surface area (Å²) in [7, 11) is 0.